The second kappa shape index (κ2) is 14.0. The number of carboxylic acids is 3. The number of amides is 4. The number of nitrogens with one attached hydrogen (secondary N) is 4. The van der Waals surface area contributed by atoms with Crippen LogP contribution in [0.3, 0.4) is 0 Å². The molecule has 1 aromatic carbocycles. The van der Waals surface area contributed by atoms with Crippen LogP contribution in [-0.2, 0) is 19.2 Å². The third-order valence-electron chi connectivity index (χ3n) is 4.32. The summed E-state index contributed by atoms with van der Waals surface area (Å²) in [5, 5.41) is 35.6. The standard InChI is InChI=1S/C20H25FN4O9/c21-12-5-3-11(4-6-12)17(29)22-9-1-2-15(26)24-14(19(32)33)10-23-20(34)25-13(18(30)31)7-8-16(27)28/h3-6,13-14H,1-2,7-10H2,(H,22,29)(H,24,26)(H,27,28)(H,30,31)(H,32,33)(H2,23,25,34)/t13-,14-/m0/s1. The van der Waals surface area contributed by atoms with Gasteiger partial charge in [0.1, 0.15) is 17.9 Å². The maximum atomic E-state index is 12.9. The van der Waals surface area contributed by atoms with Crippen molar-refractivity contribution in [2.75, 3.05) is 13.1 Å². The first kappa shape index (κ1) is 27.8. The normalized spacial score (nSPS) is 12.0. The lowest BCUT2D eigenvalue weighted by atomic mass is 10.1. The van der Waals surface area contributed by atoms with Crippen molar-refractivity contribution in [1.29, 1.82) is 0 Å². The Hall–Kier alpha value is -4.23. The smallest absolute Gasteiger partial charge is 0.328 e. The van der Waals surface area contributed by atoms with Crippen molar-refractivity contribution in [3.63, 3.8) is 0 Å². The lowest BCUT2D eigenvalue weighted by molar-refractivity contribution is -0.142. The summed E-state index contributed by atoms with van der Waals surface area (Å²) < 4.78 is 12.9. The van der Waals surface area contributed by atoms with E-state index in [1.807, 2.05) is 5.32 Å². The van der Waals surface area contributed by atoms with Gasteiger partial charge in [0.25, 0.3) is 5.91 Å². The molecule has 186 valence electrons. The van der Waals surface area contributed by atoms with Crippen LogP contribution in [0.5, 0.6) is 0 Å². The Bertz CT molecular complexity index is 908. The number of carbonyl (C=O) groups excluding carboxylic acids is 3. The van der Waals surface area contributed by atoms with Crippen molar-refractivity contribution >= 4 is 35.8 Å². The second-order valence-electron chi connectivity index (χ2n) is 7.00. The third-order valence-corrected chi connectivity index (χ3v) is 4.32. The van der Waals surface area contributed by atoms with E-state index in [0.29, 0.717) is 0 Å². The van der Waals surface area contributed by atoms with Gasteiger partial charge in [-0.05, 0) is 37.1 Å². The highest BCUT2D eigenvalue weighted by molar-refractivity contribution is 5.94. The molecular formula is C20H25FN4O9. The summed E-state index contributed by atoms with van der Waals surface area (Å²) in [7, 11) is 0. The number of aliphatic carboxylic acids is 3. The fourth-order valence-electron chi connectivity index (χ4n) is 2.55. The summed E-state index contributed by atoms with van der Waals surface area (Å²) in [5.74, 6) is -5.81. The van der Waals surface area contributed by atoms with E-state index in [1.54, 1.807) is 0 Å². The molecule has 0 aliphatic rings. The summed E-state index contributed by atoms with van der Waals surface area (Å²) in [5.41, 5.74) is 0.231. The van der Waals surface area contributed by atoms with E-state index in [1.165, 1.54) is 12.1 Å². The van der Waals surface area contributed by atoms with Crippen LogP contribution in [0.25, 0.3) is 0 Å². The van der Waals surface area contributed by atoms with Crippen molar-refractivity contribution in [1.82, 2.24) is 21.3 Å². The average Bonchev–Trinajstić information content (AvgIpc) is 2.76. The predicted octanol–water partition coefficient (Wildman–Crippen LogP) is -0.478. The van der Waals surface area contributed by atoms with Gasteiger partial charge in [-0.15, -0.1) is 0 Å². The molecule has 0 saturated heterocycles. The van der Waals surface area contributed by atoms with Crippen LogP contribution in [0.4, 0.5) is 9.18 Å². The van der Waals surface area contributed by atoms with Gasteiger partial charge in [0.2, 0.25) is 5.91 Å². The van der Waals surface area contributed by atoms with Crippen LogP contribution in [0.1, 0.15) is 36.0 Å². The van der Waals surface area contributed by atoms with Crippen LogP contribution in [0.2, 0.25) is 0 Å². The highest BCUT2D eigenvalue weighted by Gasteiger charge is 2.24. The van der Waals surface area contributed by atoms with E-state index in [4.69, 9.17) is 10.2 Å². The number of urea groups is 1. The van der Waals surface area contributed by atoms with Crippen molar-refractivity contribution in [2.45, 2.75) is 37.8 Å². The molecule has 14 heteroatoms. The molecule has 1 aromatic rings. The van der Waals surface area contributed by atoms with Crippen LogP contribution < -0.4 is 21.3 Å². The number of benzene rings is 1. The minimum atomic E-state index is -1.52. The number of hydrogen-bond donors (Lipinski definition) is 7. The Kier molecular flexibility index (Phi) is 11.5. The van der Waals surface area contributed by atoms with Crippen LogP contribution >= 0.6 is 0 Å². The first-order chi connectivity index (χ1) is 16.0. The van der Waals surface area contributed by atoms with Crippen molar-refractivity contribution in [2.24, 2.45) is 0 Å². The minimum absolute atomic E-state index is 0.0922. The van der Waals surface area contributed by atoms with Gasteiger partial charge >= 0.3 is 23.9 Å². The summed E-state index contributed by atoms with van der Waals surface area (Å²) in [6.07, 6.45) is -0.858. The summed E-state index contributed by atoms with van der Waals surface area (Å²) in [6, 6.07) is 0.766. The first-order valence-electron chi connectivity index (χ1n) is 10.0. The van der Waals surface area contributed by atoms with Gasteiger partial charge in [-0.3, -0.25) is 14.4 Å². The molecule has 0 heterocycles. The fourth-order valence-corrected chi connectivity index (χ4v) is 2.55. The molecule has 0 bridgehead atoms. The third kappa shape index (κ3) is 10.9. The molecule has 0 aliphatic carbocycles. The largest absolute Gasteiger partial charge is 0.481 e. The summed E-state index contributed by atoms with van der Waals surface area (Å²) in [4.78, 5) is 68.6. The maximum Gasteiger partial charge on any atom is 0.328 e. The van der Waals surface area contributed by atoms with Gasteiger partial charge in [0, 0.05) is 24.9 Å². The molecule has 1 rings (SSSR count). The molecule has 7 N–H and O–H groups in total. The van der Waals surface area contributed by atoms with Gasteiger partial charge in [-0.2, -0.15) is 0 Å². The van der Waals surface area contributed by atoms with Crippen molar-refractivity contribution in [3.05, 3.63) is 35.6 Å². The molecule has 2 atom stereocenters. The molecule has 0 fully saturated rings. The maximum absolute atomic E-state index is 12.9. The second-order valence-corrected chi connectivity index (χ2v) is 7.00. The monoisotopic (exact) mass is 484 g/mol. The number of rotatable bonds is 14. The Morgan fingerprint density at radius 3 is 2.00 bits per heavy atom. The molecule has 34 heavy (non-hydrogen) atoms. The summed E-state index contributed by atoms with van der Waals surface area (Å²) in [6.45, 7) is -0.478. The minimum Gasteiger partial charge on any atom is -0.481 e. The molecule has 4 amide bonds. The zero-order chi connectivity index (χ0) is 25.7. The van der Waals surface area contributed by atoms with E-state index in [0.717, 1.165) is 12.1 Å². The van der Waals surface area contributed by atoms with Crippen LogP contribution in [0.15, 0.2) is 24.3 Å². The van der Waals surface area contributed by atoms with E-state index >= 15 is 0 Å². The first-order valence-corrected chi connectivity index (χ1v) is 10.0. The lowest BCUT2D eigenvalue weighted by Gasteiger charge is -2.18. The van der Waals surface area contributed by atoms with Crippen LogP contribution in [-0.4, -0.2) is 76.2 Å². The van der Waals surface area contributed by atoms with Crippen molar-refractivity contribution < 1.29 is 48.5 Å². The molecular weight excluding hydrogens is 459 g/mol. The van der Waals surface area contributed by atoms with E-state index in [-0.39, 0.29) is 31.4 Å². The highest BCUT2D eigenvalue weighted by Crippen LogP contribution is 2.02. The molecule has 0 aromatic heterocycles. The van der Waals surface area contributed by atoms with Crippen molar-refractivity contribution in [3.8, 4) is 0 Å². The number of carbonyl (C=O) groups is 6. The molecule has 0 radical (unpaired) electrons. The Balaban J connectivity index is 2.40. The van der Waals surface area contributed by atoms with E-state index in [2.05, 4.69) is 16.0 Å². The van der Waals surface area contributed by atoms with E-state index in [9.17, 15) is 38.3 Å². The zero-order valence-corrected chi connectivity index (χ0v) is 17.9. The molecule has 0 spiro atoms. The molecule has 0 aliphatic heterocycles. The number of halogens is 1. The highest BCUT2D eigenvalue weighted by atomic mass is 19.1. The Morgan fingerprint density at radius 1 is 0.824 bits per heavy atom. The topological polar surface area (TPSA) is 211 Å². The Labute approximate surface area is 192 Å². The quantitative estimate of drug-likeness (QED) is 0.170. The van der Waals surface area contributed by atoms with Gasteiger partial charge < -0.3 is 36.6 Å². The average molecular weight is 484 g/mol. The van der Waals surface area contributed by atoms with E-state index < -0.39 is 66.6 Å². The number of hydrogen-bond acceptors (Lipinski definition) is 6. The predicted molar refractivity (Wildman–Crippen MR) is 112 cm³/mol. The van der Waals surface area contributed by atoms with Gasteiger partial charge in [0.15, 0.2) is 0 Å². The zero-order valence-electron chi connectivity index (χ0n) is 17.9. The fraction of sp³-hybridized carbons (Fsp3) is 0.400. The van der Waals surface area contributed by atoms with Crippen LogP contribution in [0, 0.1) is 5.82 Å². The summed E-state index contributed by atoms with van der Waals surface area (Å²) >= 11 is 0. The molecule has 0 unspecified atom stereocenters. The SMILES string of the molecule is O=C(O)CC[C@H](NC(=O)NC[C@H](NC(=O)CCCNC(=O)c1ccc(F)cc1)C(=O)O)C(=O)O. The van der Waals surface area contributed by atoms with Gasteiger partial charge in [-0.25, -0.2) is 18.8 Å². The molecule has 13 nitrogen and oxygen atoms in total. The van der Waals surface area contributed by atoms with Gasteiger partial charge in [0.05, 0.1) is 6.54 Å². The van der Waals surface area contributed by atoms with Gasteiger partial charge in [-0.1, -0.05) is 0 Å². The molecule has 0 saturated carbocycles. The number of carboxylic acid groups (broad SMARTS) is 3. The lowest BCUT2D eigenvalue weighted by Crippen LogP contribution is -2.52. The Morgan fingerprint density at radius 2 is 1.44 bits per heavy atom.